The Hall–Kier alpha value is -0.640. The highest BCUT2D eigenvalue weighted by molar-refractivity contribution is 5.85. The summed E-state index contributed by atoms with van der Waals surface area (Å²) in [6.07, 6.45) is 2.31. The fourth-order valence-electron chi connectivity index (χ4n) is 2.80. The Kier molecular flexibility index (Phi) is 6.24. The van der Waals surface area contributed by atoms with Gasteiger partial charge in [-0.25, -0.2) is 4.39 Å². The standard InChI is InChI=1S/C15H23FN2.ClH/c1-11-3-4-15(16)13(7-11)10-18-6-5-12(2)8-14(18)9-17;/h3-4,7,12,14H,5-6,8-10,17H2,1-2H3;1H. The van der Waals surface area contributed by atoms with Crippen LogP contribution < -0.4 is 5.73 Å². The average molecular weight is 287 g/mol. The smallest absolute Gasteiger partial charge is 0.127 e. The van der Waals surface area contributed by atoms with Gasteiger partial charge in [-0.1, -0.05) is 24.6 Å². The summed E-state index contributed by atoms with van der Waals surface area (Å²) in [5.41, 5.74) is 7.75. The minimum absolute atomic E-state index is 0. The predicted octanol–water partition coefficient (Wildman–Crippen LogP) is 3.12. The summed E-state index contributed by atoms with van der Waals surface area (Å²) in [5, 5.41) is 0. The molecule has 1 fully saturated rings. The molecule has 2 N–H and O–H groups in total. The third-order valence-electron chi connectivity index (χ3n) is 3.95. The lowest BCUT2D eigenvalue weighted by Gasteiger charge is -2.38. The second-order valence-corrected chi connectivity index (χ2v) is 5.58. The van der Waals surface area contributed by atoms with Gasteiger partial charge in [0.15, 0.2) is 0 Å². The van der Waals surface area contributed by atoms with Crippen molar-refractivity contribution in [3.63, 3.8) is 0 Å². The summed E-state index contributed by atoms with van der Waals surface area (Å²) in [7, 11) is 0. The monoisotopic (exact) mass is 286 g/mol. The summed E-state index contributed by atoms with van der Waals surface area (Å²) in [5.74, 6) is 0.632. The average Bonchev–Trinajstić information content (AvgIpc) is 2.36. The SMILES string of the molecule is Cc1ccc(F)c(CN2CCC(C)CC2CN)c1.Cl. The molecule has 2 rings (SSSR count). The maximum absolute atomic E-state index is 13.8. The molecule has 1 aliphatic heterocycles. The van der Waals surface area contributed by atoms with E-state index in [2.05, 4.69) is 11.8 Å². The van der Waals surface area contributed by atoms with E-state index in [9.17, 15) is 4.39 Å². The van der Waals surface area contributed by atoms with Gasteiger partial charge in [0.25, 0.3) is 0 Å². The molecule has 1 heterocycles. The lowest BCUT2D eigenvalue weighted by molar-refractivity contribution is 0.114. The molecule has 0 radical (unpaired) electrons. The molecule has 0 aliphatic carbocycles. The maximum atomic E-state index is 13.8. The molecule has 1 aliphatic rings. The van der Waals surface area contributed by atoms with Crippen molar-refractivity contribution in [2.45, 2.75) is 39.3 Å². The molecule has 0 spiro atoms. The molecule has 0 aromatic heterocycles. The predicted molar refractivity (Wildman–Crippen MR) is 80.0 cm³/mol. The van der Waals surface area contributed by atoms with Crippen LogP contribution in [0.2, 0.25) is 0 Å². The first kappa shape index (κ1) is 16.4. The van der Waals surface area contributed by atoms with Gasteiger partial charge in [-0.15, -0.1) is 12.4 Å². The van der Waals surface area contributed by atoms with Crippen molar-refractivity contribution in [2.75, 3.05) is 13.1 Å². The van der Waals surface area contributed by atoms with Gasteiger partial charge in [0.2, 0.25) is 0 Å². The molecule has 0 amide bonds. The number of hydrogen-bond donors (Lipinski definition) is 1. The number of hydrogen-bond acceptors (Lipinski definition) is 2. The van der Waals surface area contributed by atoms with E-state index < -0.39 is 0 Å². The largest absolute Gasteiger partial charge is 0.329 e. The zero-order chi connectivity index (χ0) is 13.1. The van der Waals surface area contributed by atoms with Gasteiger partial charge < -0.3 is 5.73 Å². The minimum Gasteiger partial charge on any atom is -0.329 e. The van der Waals surface area contributed by atoms with Crippen molar-refractivity contribution >= 4 is 12.4 Å². The molecular formula is C15H24ClFN2. The van der Waals surface area contributed by atoms with Crippen molar-refractivity contribution in [2.24, 2.45) is 11.7 Å². The molecule has 19 heavy (non-hydrogen) atoms. The number of nitrogens with two attached hydrogens (primary N) is 1. The summed E-state index contributed by atoms with van der Waals surface area (Å²) in [4.78, 5) is 2.33. The number of nitrogens with zero attached hydrogens (tertiary/aromatic N) is 1. The Bertz CT molecular complexity index is 411. The van der Waals surface area contributed by atoms with Crippen LogP contribution in [0.3, 0.4) is 0 Å². The third-order valence-corrected chi connectivity index (χ3v) is 3.95. The van der Waals surface area contributed by atoms with E-state index in [1.807, 2.05) is 19.1 Å². The first-order valence-electron chi connectivity index (χ1n) is 6.79. The zero-order valence-electron chi connectivity index (χ0n) is 11.7. The zero-order valence-corrected chi connectivity index (χ0v) is 12.5. The van der Waals surface area contributed by atoms with Crippen molar-refractivity contribution in [3.8, 4) is 0 Å². The van der Waals surface area contributed by atoms with Crippen LogP contribution in [-0.4, -0.2) is 24.0 Å². The second kappa shape index (κ2) is 7.22. The number of halogens is 2. The van der Waals surface area contributed by atoms with E-state index in [4.69, 9.17) is 5.73 Å². The Balaban J connectivity index is 0.00000180. The van der Waals surface area contributed by atoms with Gasteiger partial charge >= 0.3 is 0 Å². The molecule has 0 saturated carbocycles. The van der Waals surface area contributed by atoms with Crippen LogP contribution >= 0.6 is 12.4 Å². The van der Waals surface area contributed by atoms with Gasteiger partial charge in [-0.3, -0.25) is 4.90 Å². The Labute approximate surface area is 121 Å². The van der Waals surface area contributed by atoms with Gasteiger partial charge in [-0.2, -0.15) is 0 Å². The fraction of sp³-hybridized carbons (Fsp3) is 0.600. The van der Waals surface area contributed by atoms with Crippen LogP contribution in [-0.2, 0) is 6.54 Å². The highest BCUT2D eigenvalue weighted by Crippen LogP contribution is 2.24. The first-order chi connectivity index (χ1) is 8.60. The Morgan fingerprint density at radius 2 is 2.16 bits per heavy atom. The van der Waals surface area contributed by atoms with Crippen LogP contribution in [0.5, 0.6) is 0 Å². The summed E-state index contributed by atoms with van der Waals surface area (Å²) in [6.45, 7) is 6.64. The summed E-state index contributed by atoms with van der Waals surface area (Å²) < 4.78 is 13.8. The number of benzene rings is 1. The normalized spacial score (nSPS) is 24.0. The van der Waals surface area contributed by atoms with Crippen molar-refractivity contribution in [1.82, 2.24) is 4.90 Å². The lowest BCUT2D eigenvalue weighted by atomic mass is 9.92. The maximum Gasteiger partial charge on any atom is 0.127 e. The highest BCUT2D eigenvalue weighted by atomic mass is 35.5. The van der Waals surface area contributed by atoms with Gasteiger partial charge in [-0.05, 0) is 38.3 Å². The van der Waals surface area contributed by atoms with Crippen LogP contribution in [0.4, 0.5) is 4.39 Å². The summed E-state index contributed by atoms with van der Waals surface area (Å²) >= 11 is 0. The van der Waals surface area contributed by atoms with E-state index in [-0.39, 0.29) is 18.2 Å². The van der Waals surface area contributed by atoms with E-state index in [0.717, 1.165) is 30.0 Å². The molecule has 2 unspecified atom stereocenters. The lowest BCUT2D eigenvalue weighted by Crippen LogP contribution is -2.45. The fourth-order valence-corrected chi connectivity index (χ4v) is 2.80. The molecular weight excluding hydrogens is 263 g/mol. The van der Waals surface area contributed by atoms with Crippen LogP contribution in [0, 0.1) is 18.7 Å². The number of rotatable bonds is 3. The quantitative estimate of drug-likeness (QED) is 0.925. The van der Waals surface area contributed by atoms with E-state index in [0.29, 0.717) is 19.1 Å². The van der Waals surface area contributed by atoms with Crippen LogP contribution in [0.1, 0.15) is 30.9 Å². The van der Waals surface area contributed by atoms with E-state index in [1.165, 1.54) is 6.42 Å². The van der Waals surface area contributed by atoms with Gasteiger partial charge in [0.1, 0.15) is 5.82 Å². The van der Waals surface area contributed by atoms with Crippen molar-refractivity contribution < 1.29 is 4.39 Å². The molecule has 1 aromatic carbocycles. The van der Waals surface area contributed by atoms with Crippen LogP contribution in [0.15, 0.2) is 18.2 Å². The van der Waals surface area contributed by atoms with Crippen molar-refractivity contribution in [1.29, 1.82) is 0 Å². The number of likely N-dealkylation sites (tertiary alicyclic amines) is 1. The first-order valence-corrected chi connectivity index (χ1v) is 6.79. The van der Waals surface area contributed by atoms with Crippen LogP contribution in [0.25, 0.3) is 0 Å². The molecule has 2 nitrogen and oxygen atoms in total. The molecule has 2 atom stereocenters. The van der Waals surface area contributed by atoms with Crippen molar-refractivity contribution in [3.05, 3.63) is 35.1 Å². The van der Waals surface area contributed by atoms with E-state index in [1.54, 1.807) is 6.07 Å². The molecule has 4 heteroatoms. The van der Waals surface area contributed by atoms with E-state index >= 15 is 0 Å². The third kappa shape index (κ3) is 4.16. The topological polar surface area (TPSA) is 29.3 Å². The molecule has 1 saturated heterocycles. The number of aryl methyl sites for hydroxylation is 1. The molecule has 108 valence electrons. The number of piperidine rings is 1. The minimum atomic E-state index is -0.102. The molecule has 1 aromatic rings. The molecule has 0 bridgehead atoms. The summed E-state index contributed by atoms with van der Waals surface area (Å²) in [6, 6.07) is 5.72. The van der Waals surface area contributed by atoms with Gasteiger partial charge in [0, 0.05) is 24.7 Å². The highest BCUT2D eigenvalue weighted by Gasteiger charge is 2.25. The Morgan fingerprint density at radius 1 is 1.42 bits per heavy atom. The Morgan fingerprint density at radius 3 is 2.84 bits per heavy atom. The van der Waals surface area contributed by atoms with Gasteiger partial charge in [0.05, 0.1) is 0 Å². The second-order valence-electron chi connectivity index (χ2n) is 5.58.